The second-order valence-corrected chi connectivity index (χ2v) is 23.3. The van der Waals surface area contributed by atoms with Gasteiger partial charge in [-0.25, -0.2) is 20.3 Å². The number of benzene rings is 4. The summed E-state index contributed by atoms with van der Waals surface area (Å²) in [7, 11) is 0. The summed E-state index contributed by atoms with van der Waals surface area (Å²) in [5.41, 5.74) is 20.5. The first-order chi connectivity index (χ1) is 29.0. The van der Waals surface area contributed by atoms with Crippen LogP contribution in [0.3, 0.4) is 0 Å². The first-order valence-electron chi connectivity index (χ1n) is 23.3. The highest BCUT2D eigenvalue weighted by atomic mass is 16.5. The molecule has 0 saturated carbocycles. The monoisotopic (exact) mass is 873 g/mol. The minimum absolute atomic E-state index is 0.521. The molecule has 0 aliphatic heterocycles. The van der Waals surface area contributed by atoms with Crippen molar-refractivity contribution in [3.05, 3.63) is 111 Å². The van der Waals surface area contributed by atoms with Crippen LogP contribution in [0.2, 0.25) is 0 Å². The zero-order chi connectivity index (χ0) is 49.0. The average Bonchev–Trinajstić information content (AvgIpc) is 3.14. The molecule has 0 fully saturated rings. The molecule has 8 heteroatoms. The summed E-state index contributed by atoms with van der Waals surface area (Å²) in [4.78, 5) is 0. The highest BCUT2D eigenvalue weighted by molar-refractivity contribution is 5.75. The van der Waals surface area contributed by atoms with E-state index in [9.17, 15) is 20.8 Å². The second-order valence-electron chi connectivity index (χ2n) is 23.3. The first kappa shape index (κ1) is 50.9. The number of hydroxylamine groups is 4. The van der Waals surface area contributed by atoms with Crippen LogP contribution in [0.1, 0.15) is 194 Å². The Kier molecular flexibility index (Phi) is 13.5. The molecule has 4 radical (unpaired) electrons. The Morgan fingerprint density at radius 3 is 0.438 bits per heavy atom. The van der Waals surface area contributed by atoms with Gasteiger partial charge in [0.05, 0.1) is 44.9 Å². The quantitative estimate of drug-likeness (QED) is 0.168. The molecular formula is C56H80N4O4. The molecule has 5 rings (SSSR count). The third-order valence-electron chi connectivity index (χ3n) is 14.7. The number of hydrogen-bond acceptors (Lipinski definition) is 4. The van der Waals surface area contributed by atoms with Gasteiger partial charge in [-0.3, -0.25) is 0 Å². The highest BCUT2D eigenvalue weighted by Crippen LogP contribution is 2.47. The molecule has 0 atom stereocenters. The van der Waals surface area contributed by atoms with Gasteiger partial charge in [0, 0.05) is 0 Å². The number of hydrogen-bond donors (Lipinski definition) is 0. The maximum absolute atomic E-state index is 14.7. The van der Waals surface area contributed by atoms with Crippen LogP contribution in [0.4, 0.5) is 22.7 Å². The molecular weight excluding hydrogens is 793 g/mol. The van der Waals surface area contributed by atoms with E-state index in [0.717, 1.165) is 111 Å². The van der Waals surface area contributed by atoms with Crippen molar-refractivity contribution in [1.29, 1.82) is 0 Å². The van der Waals surface area contributed by atoms with Crippen LogP contribution in [0.15, 0.2) is 0 Å². The number of fused-ring (bicyclic) bond motifs is 8. The summed E-state index contributed by atoms with van der Waals surface area (Å²) in [5, 5.41) is 63.4. The average molecular weight is 873 g/mol. The van der Waals surface area contributed by atoms with Gasteiger partial charge in [0.1, 0.15) is 0 Å². The molecule has 0 amide bonds. The SMILES string of the molecule is Cc1c2c(C)c(N([O])C(C)(C)C)c(C)c1Cc1c(C)c(c(C)c(N([O])C(C)(C)C)c1C)Cc1c(C)c(c(C)c(N([O])C(C)(C)C)c1C)Cc1c(C)c(c(C)c(N([O])C(C)(C)C)c1C)C2. The van der Waals surface area contributed by atoms with E-state index in [4.69, 9.17) is 0 Å². The minimum Gasteiger partial charge on any atom is -0.215 e. The molecule has 1 aliphatic rings. The molecule has 0 aromatic heterocycles. The largest absolute Gasteiger partial charge is 0.215 e. The summed E-state index contributed by atoms with van der Waals surface area (Å²) < 4.78 is 0. The lowest BCUT2D eigenvalue weighted by Gasteiger charge is -2.37. The van der Waals surface area contributed by atoms with Gasteiger partial charge in [0.2, 0.25) is 0 Å². The van der Waals surface area contributed by atoms with Gasteiger partial charge in [-0.2, -0.15) is 0 Å². The zero-order valence-corrected chi connectivity index (χ0v) is 44.3. The van der Waals surface area contributed by atoms with Crippen molar-refractivity contribution < 1.29 is 20.8 Å². The molecule has 8 nitrogen and oxygen atoms in total. The standard InChI is InChI=1S/C56H80N4O4/c1-29-41-25-43-30(2)45(37(9)50(35(43)7)58(62)54(16,17)18)27-47-32(4)48(40(12)52(39(47)11)60(64)56(22,23)24)28-46-31(3)44(36(8)51(38(46)10)59(63)55(19,20)21)26-42(29)34(6)49(33(41)5)57(61)53(13,14)15/h25-28H2,1-24H3. The molecule has 64 heavy (non-hydrogen) atoms. The zero-order valence-electron chi connectivity index (χ0n) is 44.3. The molecule has 0 spiro atoms. The van der Waals surface area contributed by atoms with Gasteiger partial charge in [-0.1, -0.05) is 20.8 Å². The van der Waals surface area contributed by atoms with Crippen molar-refractivity contribution in [2.75, 3.05) is 20.3 Å². The maximum Gasteiger partial charge on any atom is 0.0738 e. The molecule has 4 aromatic carbocycles. The molecule has 0 heterocycles. The lowest BCUT2D eigenvalue weighted by molar-refractivity contribution is 0.101. The normalized spacial score (nSPS) is 13.7. The molecule has 1 aliphatic carbocycles. The number of nitrogens with zero attached hydrogens (tertiary/aromatic N) is 4. The van der Waals surface area contributed by atoms with E-state index in [0.29, 0.717) is 48.4 Å². The fourth-order valence-corrected chi connectivity index (χ4v) is 10.6. The Morgan fingerprint density at radius 2 is 0.344 bits per heavy atom. The van der Waals surface area contributed by atoms with Crippen LogP contribution in [-0.2, 0) is 46.5 Å². The molecule has 8 bridgehead atoms. The summed E-state index contributed by atoms with van der Waals surface area (Å²) in [5.74, 6) is 0. The van der Waals surface area contributed by atoms with Crippen LogP contribution < -0.4 is 20.3 Å². The van der Waals surface area contributed by atoms with Crippen LogP contribution in [-0.4, -0.2) is 22.2 Å². The molecule has 0 unspecified atom stereocenters. The smallest absolute Gasteiger partial charge is 0.0738 e. The van der Waals surface area contributed by atoms with Crippen molar-refractivity contribution in [2.24, 2.45) is 0 Å². The molecule has 4 aromatic rings. The van der Waals surface area contributed by atoms with Crippen molar-refractivity contribution in [2.45, 2.75) is 214 Å². The van der Waals surface area contributed by atoms with Crippen LogP contribution in [0, 0.1) is 83.1 Å². The first-order valence-corrected chi connectivity index (χ1v) is 23.3. The third-order valence-corrected chi connectivity index (χ3v) is 14.7. The van der Waals surface area contributed by atoms with Crippen LogP contribution in [0.5, 0.6) is 0 Å². The van der Waals surface area contributed by atoms with Gasteiger partial charge in [-0.15, -0.1) is 0 Å². The topological polar surface area (TPSA) is 92.6 Å². The minimum atomic E-state index is -0.709. The Labute approximate surface area is 387 Å². The van der Waals surface area contributed by atoms with Gasteiger partial charge in [-0.05, 0) is 303 Å². The summed E-state index contributed by atoms with van der Waals surface area (Å²) in [6, 6.07) is 0. The van der Waals surface area contributed by atoms with E-state index in [1.807, 2.05) is 83.1 Å². The van der Waals surface area contributed by atoms with E-state index >= 15 is 0 Å². The van der Waals surface area contributed by atoms with E-state index in [1.54, 1.807) is 0 Å². The predicted octanol–water partition coefficient (Wildman–Crippen LogP) is 13.9. The molecule has 0 saturated heterocycles. The summed E-state index contributed by atoms with van der Waals surface area (Å²) in [6.07, 6.45) is 2.08. The number of anilines is 4. The van der Waals surface area contributed by atoms with E-state index in [2.05, 4.69) is 83.1 Å². The highest BCUT2D eigenvalue weighted by Gasteiger charge is 2.36. The van der Waals surface area contributed by atoms with E-state index in [1.165, 1.54) is 20.3 Å². The van der Waals surface area contributed by atoms with Crippen molar-refractivity contribution in [3.8, 4) is 0 Å². The Balaban J connectivity index is 2.12. The van der Waals surface area contributed by atoms with Gasteiger partial charge < -0.3 is 0 Å². The van der Waals surface area contributed by atoms with Crippen LogP contribution >= 0.6 is 0 Å². The Hall–Kier alpha value is -4.08. The lowest BCUT2D eigenvalue weighted by atomic mass is 9.77. The van der Waals surface area contributed by atoms with Gasteiger partial charge >= 0.3 is 0 Å². The lowest BCUT2D eigenvalue weighted by Crippen LogP contribution is -2.39. The molecule has 0 N–H and O–H groups in total. The molecule has 348 valence electrons. The second kappa shape index (κ2) is 17.0. The van der Waals surface area contributed by atoms with E-state index < -0.39 is 22.2 Å². The number of rotatable bonds is 4. The van der Waals surface area contributed by atoms with Crippen molar-refractivity contribution >= 4 is 22.7 Å². The fraction of sp³-hybridized carbons (Fsp3) is 0.571. The Morgan fingerprint density at radius 1 is 0.234 bits per heavy atom. The van der Waals surface area contributed by atoms with Crippen molar-refractivity contribution in [1.82, 2.24) is 0 Å². The summed E-state index contributed by atoms with van der Waals surface area (Å²) in [6.45, 7) is 49.0. The fourth-order valence-electron chi connectivity index (χ4n) is 10.6. The third kappa shape index (κ3) is 8.58. The summed E-state index contributed by atoms with van der Waals surface area (Å²) >= 11 is 0. The van der Waals surface area contributed by atoms with Gasteiger partial charge in [0.25, 0.3) is 0 Å². The van der Waals surface area contributed by atoms with Crippen molar-refractivity contribution in [3.63, 3.8) is 0 Å². The predicted molar refractivity (Wildman–Crippen MR) is 266 cm³/mol. The maximum atomic E-state index is 14.7. The van der Waals surface area contributed by atoms with Crippen LogP contribution in [0.25, 0.3) is 0 Å². The Bertz CT molecular complexity index is 2050. The van der Waals surface area contributed by atoms with E-state index in [-0.39, 0.29) is 0 Å². The van der Waals surface area contributed by atoms with Gasteiger partial charge in [0.15, 0.2) is 0 Å².